The molecule has 21 heavy (non-hydrogen) atoms. The van der Waals surface area contributed by atoms with Gasteiger partial charge in [0.15, 0.2) is 11.3 Å². The molecule has 1 N–H and O–H groups in total. The number of nitrogens with one attached hydrogen (secondary N) is 1. The summed E-state index contributed by atoms with van der Waals surface area (Å²) in [7, 11) is 1.69. The highest BCUT2D eigenvalue weighted by molar-refractivity contribution is 5.83. The van der Waals surface area contributed by atoms with Crippen LogP contribution in [0.5, 0.6) is 5.75 Å². The van der Waals surface area contributed by atoms with Gasteiger partial charge in [0.2, 0.25) is 0 Å². The number of furan rings is 1. The third-order valence-electron chi connectivity index (χ3n) is 5.27. The molecule has 1 unspecified atom stereocenters. The van der Waals surface area contributed by atoms with Crippen LogP contribution < -0.4 is 10.1 Å². The van der Waals surface area contributed by atoms with Crippen molar-refractivity contribution in [3.8, 4) is 5.75 Å². The molecule has 0 aliphatic heterocycles. The van der Waals surface area contributed by atoms with Gasteiger partial charge in [-0.05, 0) is 56.1 Å². The molecule has 3 nitrogen and oxygen atoms in total. The highest BCUT2D eigenvalue weighted by Crippen LogP contribution is 2.61. The van der Waals surface area contributed by atoms with E-state index < -0.39 is 0 Å². The first-order valence-electron chi connectivity index (χ1n) is 8.02. The first kappa shape index (κ1) is 13.2. The third kappa shape index (κ3) is 2.34. The molecule has 2 aliphatic carbocycles. The fraction of sp³-hybridized carbons (Fsp3) is 0.556. The SMILES string of the molecule is COc1cccc2cc(C(C)NCC3(C4CC4)CC3)oc12. The van der Waals surface area contributed by atoms with E-state index in [-0.39, 0.29) is 6.04 Å². The first-order valence-corrected chi connectivity index (χ1v) is 8.02. The third-order valence-corrected chi connectivity index (χ3v) is 5.27. The summed E-state index contributed by atoms with van der Waals surface area (Å²) >= 11 is 0. The number of rotatable bonds is 6. The minimum absolute atomic E-state index is 0.248. The van der Waals surface area contributed by atoms with Crippen LogP contribution in [0.2, 0.25) is 0 Å². The predicted octanol–water partition coefficient (Wildman–Crippen LogP) is 4.28. The Balaban J connectivity index is 1.50. The molecule has 2 aromatic rings. The molecule has 0 saturated heterocycles. The molecule has 1 aromatic carbocycles. The van der Waals surface area contributed by atoms with Gasteiger partial charge in [-0.25, -0.2) is 0 Å². The van der Waals surface area contributed by atoms with Crippen LogP contribution in [-0.4, -0.2) is 13.7 Å². The van der Waals surface area contributed by atoms with E-state index in [4.69, 9.17) is 9.15 Å². The molecule has 112 valence electrons. The van der Waals surface area contributed by atoms with Crippen LogP contribution in [0.15, 0.2) is 28.7 Å². The maximum atomic E-state index is 6.03. The van der Waals surface area contributed by atoms with Gasteiger partial charge in [0.25, 0.3) is 0 Å². The standard InChI is InChI=1S/C18H23NO2/c1-12(19-11-18(8-9-18)14-6-7-14)16-10-13-4-3-5-15(20-2)17(13)21-16/h3-5,10,12,14,19H,6-9,11H2,1-2H3. The van der Waals surface area contributed by atoms with Gasteiger partial charge in [-0.1, -0.05) is 12.1 Å². The molecule has 0 amide bonds. The zero-order valence-electron chi connectivity index (χ0n) is 12.8. The first-order chi connectivity index (χ1) is 10.2. The van der Waals surface area contributed by atoms with Gasteiger partial charge in [-0.15, -0.1) is 0 Å². The van der Waals surface area contributed by atoms with E-state index >= 15 is 0 Å². The minimum atomic E-state index is 0.248. The molecule has 0 radical (unpaired) electrons. The molecular weight excluding hydrogens is 262 g/mol. The summed E-state index contributed by atoms with van der Waals surface area (Å²) in [5.74, 6) is 2.80. The van der Waals surface area contributed by atoms with E-state index in [1.807, 2.05) is 12.1 Å². The molecular formula is C18H23NO2. The van der Waals surface area contributed by atoms with Gasteiger partial charge < -0.3 is 14.5 Å². The van der Waals surface area contributed by atoms with Gasteiger partial charge in [0, 0.05) is 11.9 Å². The lowest BCUT2D eigenvalue weighted by atomic mass is 10.0. The Morgan fingerprint density at radius 1 is 1.38 bits per heavy atom. The van der Waals surface area contributed by atoms with Crippen LogP contribution in [0.4, 0.5) is 0 Å². The Morgan fingerprint density at radius 2 is 2.19 bits per heavy atom. The summed E-state index contributed by atoms with van der Waals surface area (Å²) in [6.45, 7) is 3.32. The summed E-state index contributed by atoms with van der Waals surface area (Å²) in [5.41, 5.74) is 1.48. The quantitative estimate of drug-likeness (QED) is 0.860. The number of methoxy groups -OCH3 is 1. The summed E-state index contributed by atoms with van der Waals surface area (Å²) in [4.78, 5) is 0. The zero-order valence-corrected chi connectivity index (χ0v) is 12.8. The summed E-state index contributed by atoms with van der Waals surface area (Å²) in [6.07, 6.45) is 5.70. The Labute approximate surface area is 125 Å². The maximum Gasteiger partial charge on any atom is 0.176 e. The summed E-state index contributed by atoms with van der Waals surface area (Å²) in [6, 6.07) is 8.40. The van der Waals surface area contributed by atoms with E-state index in [0.29, 0.717) is 5.41 Å². The molecule has 0 bridgehead atoms. The molecule has 2 saturated carbocycles. The minimum Gasteiger partial charge on any atom is -0.493 e. The van der Waals surface area contributed by atoms with Crippen molar-refractivity contribution < 1.29 is 9.15 Å². The average Bonchev–Trinajstić information content (AvgIpc) is 3.40. The lowest BCUT2D eigenvalue weighted by Gasteiger charge is -2.18. The van der Waals surface area contributed by atoms with Gasteiger partial charge >= 0.3 is 0 Å². The van der Waals surface area contributed by atoms with Crippen LogP contribution in [-0.2, 0) is 0 Å². The lowest BCUT2D eigenvalue weighted by Crippen LogP contribution is -2.27. The van der Waals surface area contributed by atoms with Crippen molar-refractivity contribution in [2.45, 2.75) is 38.6 Å². The number of ether oxygens (including phenoxy) is 1. The van der Waals surface area contributed by atoms with Gasteiger partial charge in [0.05, 0.1) is 13.2 Å². The van der Waals surface area contributed by atoms with Crippen molar-refractivity contribution in [3.63, 3.8) is 0 Å². The summed E-state index contributed by atoms with van der Waals surface area (Å²) < 4.78 is 11.4. The lowest BCUT2D eigenvalue weighted by molar-refractivity contribution is 0.357. The Hall–Kier alpha value is -1.48. The van der Waals surface area contributed by atoms with Crippen molar-refractivity contribution in [3.05, 3.63) is 30.0 Å². The van der Waals surface area contributed by atoms with Crippen LogP contribution in [0, 0.1) is 11.3 Å². The fourth-order valence-electron chi connectivity index (χ4n) is 3.47. The number of benzene rings is 1. The molecule has 3 heteroatoms. The molecule has 2 aliphatic rings. The number of fused-ring (bicyclic) bond motifs is 1. The predicted molar refractivity (Wildman–Crippen MR) is 83.6 cm³/mol. The largest absolute Gasteiger partial charge is 0.493 e. The maximum absolute atomic E-state index is 6.03. The second-order valence-electron chi connectivity index (χ2n) is 6.77. The van der Waals surface area contributed by atoms with E-state index in [9.17, 15) is 0 Å². The van der Waals surface area contributed by atoms with E-state index in [1.54, 1.807) is 7.11 Å². The molecule has 1 aromatic heterocycles. The molecule has 0 spiro atoms. The van der Waals surface area contributed by atoms with Crippen molar-refractivity contribution in [2.75, 3.05) is 13.7 Å². The van der Waals surface area contributed by atoms with Crippen LogP contribution >= 0.6 is 0 Å². The van der Waals surface area contributed by atoms with Crippen LogP contribution in [0.25, 0.3) is 11.0 Å². The Bertz CT molecular complexity index is 652. The average molecular weight is 285 g/mol. The van der Waals surface area contributed by atoms with Crippen molar-refractivity contribution in [2.24, 2.45) is 11.3 Å². The Morgan fingerprint density at radius 3 is 2.86 bits per heavy atom. The van der Waals surface area contributed by atoms with E-state index in [2.05, 4.69) is 24.4 Å². The normalized spacial score (nSPS) is 21.4. The zero-order chi connectivity index (χ0) is 14.4. The van der Waals surface area contributed by atoms with E-state index in [0.717, 1.165) is 34.9 Å². The van der Waals surface area contributed by atoms with Gasteiger partial charge in [-0.2, -0.15) is 0 Å². The van der Waals surface area contributed by atoms with Crippen molar-refractivity contribution in [1.29, 1.82) is 0 Å². The molecule has 4 rings (SSSR count). The second kappa shape index (κ2) is 4.77. The van der Waals surface area contributed by atoms with E-state index in [1.165, 1.54) is 25.7 Å². The highest BCUT2D eigenvalue weighted by atomic mass is 16.5. The van der Waals surface area contributed by atoms with Gasteiger partial charge in [-0.3, -0.25) is 0 Å². The van der Waals surface area contributed by atoms with Crippen LogP contribution in [0.1, 0.15) is 44.4 Å². The smallest absolute Gasteiger partial charge is 0.176 e. The summed E-state index contributed by atoms with van der Waals surface area (Å²) in [5, 5.41) is 4.80. The molecule has 2 fully saturated rings. The topological polar surface area (TPSA) is 34.4 Å². The molecule has 1 atom stereocenters. The number of hydrogen-bond donors (Lipinski definition) is 1. The Kier molecular flexibility index (Phi) is 3.00. The van der Waals surface area contributed by atoms with Crippen molar-refractivity contribution in [1.82, 2.24) is 5.32 Å². The highest BCUT2D eigenvalue weighted by Gasteiger charge is 2.53. The van der Waals surface area contributed by atoms with Crippen LogP contribution in [0.3, 0.4) is 0 Å². The molecule has 1 heterocycles. The number of hydrogen-bond acceptors (Lipinski definition) is 3. The second-order valence-corrected chi connectivity index (χ2v) is 6.77. The monoisotopic (exact) mass is 285 g/mol. The van der Waals surface area contributed by atoms with Crippen molar-refractivity contribution >= 4 is 11.0 Å². The fourth-order valence-corrected chi connectivity index (χ4v) is 3.47. The number of para-hydroxylation sites is 1. The van der Waals surface area contributed by atoms with Gasteiger partial charge in [0.1, 0.15) is 5.76 Å².